The molecule has 0 aromatic heterocycles. The first kappa shape index (κ1) is 24.1. The van der Waals surface area contributed by atoms with Crippen molar-refractivity contribution in [1.29, 1.82) is 0 Å². The summed E-state index contributed by atoms with van der Waals surface area (Å²) < 4.78 is 0. The van der Waals surface area contributed by atoms with E-state index in [0.717, 1.165) is 55.8 Å². The lowest BCUT2D eigenvalue weighted by molar-refractivity contribution is -0.120. The van der Waals surface area contributed by atoms with Gasteiger partial charge in [-0.15, -0.1) is 6.58 Å². The van der Waals surface area contributed by atoms with E-state index in [1.54, 1.807) is 5.57 Å². The van der Waals surface area contributed by atoms with Crippen LogP contribution in [0.4, 0.5) is 0 Å². The van der Waals surface area contributed by atoms with Gasteiger partial charge in [0, 0.05) is 0 Å². The molecule has 0 heterocycles. The van der Waals surface area contributed by atoms with Crippen LogP contribution < -0.4 is 0 Å². The maximum Gasteiger partial charge on any atom is 0.0656 e. The van der Waals surface area contributed by atoms with Gasteiger partial charge in [-0.1, -0.05) is 50.3 Å². The normalized spacial score (nSPS) is 46.9. The van der Waals surface area contributed by atoms with Crippen LogP contribution in [0.5, 0.6) is 0 Å². The molecule has 5 unspecified atom stereocenters. The molecule has 0 aromatic rings. The standard InChI is InChI=1S/C31H50O2/c1-20(2)8-7-15-31(5,33)28-25(21-9-6-10-21)19-27-24-12-11-22-18-23(32)13-16-29(22,3)26(24)14-17-30(27,28)4/h11,21,23-28,32-33H,1,6-10,12-19H2,2-5H3/t23-,24?,25?,26?,27?,28?,29-,30-,31-/m0/s1. The molecule has 4 fully saturated rings. The second-order valence-corrected chi connectivity index (χ2v) is 13.9. The van der Waals surface area contributed by atoms with Gasteiger partial charge in [0.15, 0.2) is 0 Å². The number of hydrogen-bond donors (Lipinski definition) is 2. The lowest BCUT2D eigenvalue weighted by atomic mass is 9.46. The van der Waals surface area contributed by atoms with Crippen LogP contribution in [0.2, 0.25) is 0 Å². The zero-order chi connectivity index (χ0) is 23.6. The molecule has 0 saturated heterocycles. The molecule has 5 aliphatic carbocycles. The molecular weight excluding hydrogens is 404 g/mol. The molecule has 5 rings (SSSR count). The average Bonchev–Trinajstić information content (AvgIpc) is 3.00. The van der Waals surface area contributed by atoms with E-state index in [2.05, 4.69) is 40.3 Å². The van der Waals surface area contributed by atoms with Gasteiger partial charge in [-0.05, 0) is 124 Å². The summed E-state index contributed by atoms with van der Waals surface area (Å²) >= 11 is 0. The third kappa shape index (κ3) is 3.90. The van der Waals surface area contributed by atoms with Gasteiger partial charge in [0.2, 0.25) is 0 Å². The molecule has 33 heavy (non-hydrogen) atoms. The Balaban J connectivity index is 1.44. The van der Waals surface area contributed by atoms with Crippen LogP contribution in [-0.2, 0) is 0 Å². The molecule has 0 bridgehead atoms. The predicted octanol–water partition coefficient (Wildman–Crippen LogP) is 7.45. The average molecular weight is 455 g/mol. The SMILES string of the molecule is C=C(C)CCC[C@](C)(O)C1C(C2CCC2)CC2C3CC=C4C[C@@H](O)CC[C@]4(C)C3CC[C@@]21C. The highest BCUT2D eigenvalue weighted by atomic mass is 16.3. The molecule has 0 aromatic carbocycles. The van der Waals surface area contributed by atoms with E-state index in [9.17, 15) is 10.2 Å². The van der Waals surface area contributed by atoms with Gasteiger partial charge >= 0.3 is 0 Å². The van der Waals surface area contributed by atoms with E-state index >= 15 is 0 Å². The first-order valence-corrected chi connectivity index (χ1v) is 14.3. The molecule has 0 radical (unpaired) electrons. The molecule has 2 nitrogen and oxygen atoms in total. The summed E-state index contributed by atoms with van der Waals surface area (Å²) in [6.07, 6.45) is 17.9. The molecular formula is C31H50O2. The number of hydrogen-bond acceptors (Lipinski definition) is 2. The van der Waals surface area contributed by atoms with Crippen molar-refractivity contribution < 1.29 is 10.2 Å². The number of rotatable bonds is 6. The number of aliphatic hydroxyl groups excluding tert-OH is 1. The van der Waals surface area contributed by atoms with Crippen LogP contribution in [0.1, 0.15) is 111 Å². The van der Waals surface area contributed by atoms with Gasteiger partial charge < -0.3 is 10.2 Å². The monoisotopic (exact) mass is 454 g/mol. The number of allylic oxidation sites excluding steroid dienone is 2. The van der Waals surface area contributed by atoms with Crippen molar-refractivity contribution in [1.82, 2.24) is 0 Å². The first-order valence-electron chi connectivity index (χ1n) is 14.3. The third-order valence-corrected chi connectivity index (χ3v) is 11.9. The maximum absolute atomic E-state index is 12.1. The maximum atomic E-state index is 12.1. The van der Waals surface area contributed by atoms with Gasteiger partial charge in [-0.2, -0.15) is 0 Å². The third-order valence-electron chi connectivity index (χ3n) is 11.9. The van der Waals surface area contributed by atoms with E-state index < -0.39 is 5.60 Å². The fourth-order valence-corrected chi connectivity index (χ4v) is 10.1. The fourth-order valence-electron chi connectivity index (χ4n) is 10.1. The van der Waals surface area contributed by atoms with Crippen molar-refractivity contribution in [2.24, 2.45) is 46.3 Å². The molecule has 9 atom stereocenters. The lowest BCUT2D eigenvalue weighted by Gasteiger charge is -2.59. The van der Waals surface area contributed by atoms with Gasteiger partial charge in [-0.3, -0.25) is 0 Å². The summed E-state index contributed by atoms with van der Waals surface area (Å²) in [4.78, 5) is 0. The Labute approximate surface area is 203 Å². The largest absolute Gasteiger partial charge is 0.393 e. The number of aliphatic hydroxyl groups is 2. The smallest absolute Gasteiger partial charge is 0.0656 e. The second kappa shape index (κ2) is 8.51. The summed E-state index contributed by atoms with van der Waals surface area (Å²) in [6.45, 7) is 13.6. The van der Waals surface area contributed by atoms with Crippen LogP contribution in [0.3, 0.4) is 0 Å². The van der Waals surface area contributed by atoms with Crippen molar-refractivity contribution >= 4 is 0 Å². The minimum absolute atomic E-state index is 0.122. The highest BCUT2D eigenvalue weighted by molar-refractivity contribution is 5.26. The summed E-state index contributed by atoms with van der Waals surface area (Å²) in [7, 11) is 0. The van der Waals surface area contributed by atoms with Crippen molar-refractivity contribution in [2.45, 2.75) is 123 Å². The zero-order valence-electron chi connectivity index (χ0n) is 21.9. The zero-order valence-corrected chi connectivity index (χ0v) is 21.9. The molecule has 2 N–H and O–H groups in total. The van der Waals surface area contributed by atoms with Gasteiger partial charge in [0.05, 0.1) is 11.7 Å². The van der Waals surface area contributed by atoms with Gasteiger partial charge in [0.25, 0.3) is 0 Å². The van der Waals surface area contributed by atoms with E-state index in [1.807, 2.05) is 0 Å². The van der Waals surface area contributed by atoms with Crippen LogP contribution in [0, 0.1) is 46.3 Å². The quantitative estimate of drug-likeness (QED) is 0.409. The Morgan fingerprint density at radius 1 is 1.12 bits per heavy atom. The van der Waals surface area contributed by atoms with Crippen LogP contribution >= 0.6 is 0 Å². The molecule has 0 amide bonds. The highest BCUT2D eigenvalue weighted by Crippen LogP contribution is 2.70. The predicted molar refractivity (Wildman–Crippen MR) is 137 cm³/mol. The summed E-state index contributed by atoms with van der Waals surface area (Å²) in [6, 6.07) is 0. The summed E-state index contributed by atoms with van der Waals surface area (Å²) in [5.41, 5.74) is 2.82. The lowest BCUT2D eigenvalue weighted by Crippen LogP contribution is -2.54. The Kier molecular flexibility index (Phi) is 6.22. The van der Waals surface area contributed by atoms with Crippen LogP contribution in [0.25, 0.3) is 0 Å². The number of fused-ring (bicyclic) bond motifs is 5. The van der Waals surface area contributed by atoms with Crippen LogP contribution in [-0.4, -0.2) is 21.9 Å². The first-order chi connectivity index (χ1) is 15.6. The summed E-state index contributed by atoms with van der Waals surface area (Å²) in [5.74, 6) is 4.29. The second-order valence-electron chi connectivity index (χ2n) is 13.9. The van der Waals surface area contributed by atoms with E-state index in [1.165, 1.54) is 56.9 Å². The fraction of sp³-hybridized carbons (Fsp3) is 0.871. The van der Waals surface area contributed by atoms with Crippen LogP contribution in [0.15, 0.2) is 23.8 Å². The molecule has 0 aliphatic heterocycles. The van der Waals surface area contributed by atoms with Crippen molar-refractivity contribution in [3.63, 3.8) is 0 Å². The minimum atomic E-state index is -0.569. The van der Waals surface area contributed by atoms with Crippen molar-refractivity contribution in [3.05, 3.63) is 23.8 Å². The van der Waals surface area contributed by atoms with E-state index in [0.29, 0.717) is 17.3 Å². The van der Waals surface area contributed by atoms with Crippen molar-refractivity contribution in [3.8, 4) is 0 Å². The molecule has 2 heteroatoms. The Hall–Kier alpha value is -0.600. The van der Waals surface area contributed by atoms with Gasteiger partial charge in [0.1, 0.15) is 0 Å². The molecule has 186 valence electrons. The highest BCUT2D eigenvalue weighted by Gasteiger charge is 2.65. The van der Waals surface area contributed by atoms with E-state index in [4.69, 9.17) is 0 Å². The molecule has 4 saturated carbocycles. The topological polar surface area (TPSA) is 40.5 Å². The van der Waals surface area contributed by atoms with Gasteiger partial charge in [-0.25, -0.2) is 0 Å². The van der Waals surface area contributed by atoms with Crippen molar-refractivity contribution in [2.75, 3.05) is 0 Å². The summed E-state index contributed by atoms with van der Waals surface area (Å²) in [5, 5.41) is 22.4. The molecule has 5 aliphatic rings. The minimum Gasteiger partial charge on any atom is -0.393 e. The van der Waals surface area contributed by atoms with E-state index in [-0.39, 0.29) is 11.5 Å². The Morgan fingerprint density at radius 2 is 1.88 bits per heavy atom. The Morgan fingerprint density at radius 3 is 2.55 bits per heavy atom. The Bertz CT molecular complexity index is 791. The molecule has 0 spiro atoms.